The van der Waals surface area contributed by atoms with Crippen molar-refractivity contribution >= 4 is 22.9 Å². The second kappa shape index (κ2) is 5.17. The summed E-state index contributed by atoms with van der Waals surface area (Å²) in [6.07, 6.45) is 0. The number of halogens is 1. The number of aromatic nitrogens is 1. The Hall–Kier alpha value is -0.900. The van der Waals surface area contributed by atoms with E-state index in [1.807, 2.05) is 27.0 Å². The number of nitrogens with zero attached hydrogens (tertiary/aromatic N) is 1. The van der Waals surface area contributed by atoms with Gasteiger partial charge in [-0.3, -0.25) is 4.98 Å². The van der Waals surface area contributed by atoms with E-state index in [2.05, 4.69) is 28.5 Å². The Labute approximate surface area is 111 Å². The van der Waals surface area contributed by atoms with Crippen molar-refractivity contribution in [1.82, 2.24) is 10.3 Å². The Balaban J connectivity index is 2.41. The quantitative estimate of drug-likeness (QED) is 0.916. The van der Waals surface area contributed by atoms with Crippen LogP contribution in [0.4, 0.5) is 0 Å². The van der Waals surface area contributed by atoms with Crippen LogP contribution in [0.15, 0.2) is 24.3 Å². The number of nitrogens with one attached hydrogen (secondary N) is 1. The Morgan fingerprint density at radius 2 is 1.88 bits per heavy atom. The molecule has 0 fully saturated rings. The lowest BCUT2D eigenvalue weighted by Gasteiger charge is -2.16. The zero-order valence-corrected chi connectivity index (χ0v) is 11.7. The third-order valence-corrected chi connectivity index (χ3v) is 3.90. The molecule has 0 radical (unpaired) electrons. The molecule has 2 aromatic heterocycles. The number of thiophene rings is 1. The van der Waals surface area contributed by atoms with Crippen LogP contribution in [0.25, 0.3) is 0 Å². The molecule has 1 unspecified atom stereocenters. The standard InChI is InChI=1S/C13H15ClN2S/c1-8-6-10(7-9(2)16-8)13(15-3)11-4-5-12(14)17-11/h4-7,13,15H,1-3H3. The first-order valence-corrected chi connectivity index (χ1v) is 6.67. The second-order valence-electron chi connectivity index (χ2n) is 4.05. The van der Waals surface area contributed by atoms with Crippen molar-refractivity contribution in [2.45, 2.75) is 19.9 Å². The average Bonchev–Trinajstić information content (AvgIpc) is 2.64. The first-order valence-electron chi connectivity index (χ1n) is 5.48. The van der Waals surface area contributed by atoms with Gasteiger partial charge in [-0.25, -0.2) is 0 Å². The molecule has 0 saturated carbocycles. The number of hydrogen-bond donors (Lipinski definition) is 1. The monoisotopic (exact) mass is 266 g/mol. The van der Waals surface area contributed by atoms with Gasteiger partial charge in [0.1, 0.15) is 0 Å². The van der Waals surface area contributed by atoms with E-state index in [1.165, 1.54) is 10.4 Å². The van der Waals surface area contributed by atoms with Crippen LogP contribution < -0.4 is 5.32 Å². The van der Waals surface area contributed by atoms with E-state index in [0.717, 1.165) is 15.7 Å². The molecular weight excluding hydrogens is 252 g/mol. The van der Waals surface area contributed by atoms with E-state index >= 15 is 0 Å². The molecule has 1 atom stereocenters. The normalized spacial score (nSPS) is 12.7. The van der Waals surface area contributed by atoms with Gasteiger partial charge in [-0.15, -0.1) is 11.3 Å². The topological polar surface area (TPSA) is 24.9 Å². The van der Waals surface area contributed by atoms with Crippen molar-refractivity contribution in [3.8, 4) is 0 Å². The first-order chi connectivity index (χ1) is 8.10. The van der Waals surface area contributed by atoms with Gasteiger partial charge in [0.05, 0.1) is 10.4 Å². The number of pyridine rings is 1. The van der Waals surface area contributed by atoms with Crippen molar-refractivity contribution in [2.24, 2.45) is 0 Å². The van der Waals surface area contributed by atoms with E-state index in [9.17, 15) is 0 Å². The van der Waals surface area contributed by atoms with Gasteiger partial charge in [-0.2, -0.15) is 0 Å². The molecule has 90 valence electrons. The van der Waals surface area contributed by atoms with Crippen LogP contribution in [0.2, 0.25) is 4.34 Å². The zero-order valence-electron chi connectivity index (χ0n) is 10.1. The highest BCUT2D eigenvalue weighted by Gasteiger charge is 2.14. The lowest BCUT2D eigenvalue weighted by molar-refractivity contribution is 0.700. The summed E-state index contributed by atoms with van der Waals surface area (Å²) in [4.78, 5) is 5.62. The molecule has 0 spiro atoms. The van der Waals surface area contributed by atoms with Crippen molar-refractivity contribution in [3.63, 3.8) is 0 Å². The molecule has 0 aromatic carbocycles. The Kier molecular flexibility index (Phi) is 3.82. The summed E-state index contributed by atoms with van der Waals surface area (Å²) >= 11 is 7.60. The molecule has 17 heavy (non-hydrogen) atoms. The zero-order chi connectivity index (χ0) is 12.4. The lowest BCUT2D eigenvalue weighted by Crippen LogP contribution is -2.17. The molecule has 0 saturated heterocycles. The van der Waals surface area contributed by atoms with Crippen LogP contribution in [-0.2, 0) is 0 Å². The molecule has 0 aliphatic rings. The summed E-state index contributed by atoms with van der Waals surface area (Å²) in [5.41, 5.74) is 3.32. The van der Waals surface area contributed by atoms with Gasteiger partial charge in [0.25, 0.3) is 0 Å². The van der Waals surface area contributed by atoms with Gasteiger partial charge >= 0.3 is 0 Å². The Bertz CT molecular complexity index is 502. The van der Waals surface area contributed by atoms with Crippen LogP contribution in [0.1, 0.15) is 27.9 Å². The minimum atomic E-state index is 0.188. The average molecular weight is 267 g/mol. The van der Waals surface area contributed by atoms with Gasteiger partial charge in [-0.1, -0.05) is 11.6 Å². The van der Waals surface area contributed by atoms with E-state index in [1.54, 1.807) is 11.3 Å². The van der Waals surface area contributed by atoms with Gasteiger partial charge in [0, 0.05) is 16.3 Å². The molecule has 0 bridgehead atoms. The van der Waals surface area contributed by atoms with Crippen LogP contribution in [0, 0.1) is 13.8 Å². The SMILES string of the molecule is CNC(c1cc(C)nc(C)c1)c1ccc(Cl)s1. The van der Waals surface area contributed by atoms with Crippen LogP contribution in [0.5, 0.6) is 0 Å². The molecule has 2 heterocycles. The molecular formula is C13H15ClN2S. The fraction of sp³-hybridized carbons (Fsp3) is 0.308. The minimum absolute atomic E-state index is 0.188. The summed E-state index contributed by atoms with van der Waals surface area (Å²) in [7, 11) is 1.96. The van der Waals surface area contributed by atoms with E-state index in [-0.39, 0.29) is 6.04 Å². The van der Waals surface area contributed by atoms with Crippen molar-refractivity contribution in [1.29, 1.82) is 0 Å². The Morgan fingerprint density at radius 3 is 2.35 bits per heavy atom. The van der Waals surface area contributed by atoms with Crippen molar-refractivity contribution in [3.05, 3.63) is 50.4 Å². The smallest absolute Gasteiger partial charge is 0.0931 e. The van der Waals surface area contributed by atoms with Crippen molar-refractivity contribution < 1.29 is 0 Å². The maximum Gasteiger partial charge on any atom is 0.0931 e. The van der Waals surface area contributed by atoms with Crippen LogP contribution >= 0.6 is 22.9 Å². The van der Waals surface area contributed by atoms with Gasteiger partial charge in [0.15, 0.2) is 0 Å². The predicted octanol–water partition coefficient (Wildman–Crippen LogP) is 3.72. The van der Waals surface area contributed by atoms with Crippen molar-refractivity contribution in [2.75, 3.05) is 7.05 Å². The highest BCUT2D eigenvalue weighted by Crippen LogP contribution is 2.31. The predicted molar refractivity (Wildman–Crippen MR) is 73.9 cm³/mol. The van der Waals surface area contributed by atoms with Gasteiger partial charge in [-0.05, 0) is 50.7 Å². The third-order valence-electron chi connectivity index (χ3n) is 2.60. The summed E-state index contributed by atoms with van der Waals surface area (Å²) in [6.45, 7) is 4.04. The summed E-state index contributed by atoms with van der Waals surface area (Å²) in [5.74, 6) is 0. The molecule has 2 nitrogen and oxygen atoms in total. The molecule has 0 aliphatic carbocycles. The maximum absolute atomic E-state index is 5.99. The van der Waals surface area contributed by atoms with Gasteiger partial charge < -0.3 is 5.32 Å². The molecule has 2 aromatic rings. The Morgan fingerprint density at radius 1 is 1.24 bits per heavy atom. The second-order valence-corrected chi connectivity index (χ2v) is 5.79. The maximum atomic E-state index is 5.99. The first kappa shape index (κ1) is 12.6. The third kappa shape index (κ3) is 2.86. The summed E-state index contributed by atoms with van der Waals surface area (Å²) in [5, 5.41) is 3.33. The number of hydrogen-bond acceptors (Lipinski definition) is 3. The molecule has 0 aliphatic heterocycles. The van der Waals surface area contributed by atoms with Gasteiger partial charge in [0.2, 0.25) is 0 Å². The summed E-state index contributed by atoms with van der Waals surface area (Å²) < 4.78 is 0.822. The molecule has 4 heteroatoms. The molecule has 1 N–H and O–H groups in total. The van der Waals surface area contributed by atoms with Crippen LogP contribution in [0.3, 0.4) is 0 Å². The largest absolute Gasteiger partial charge is 0.309 e. The fourth-order valence-electron chi connectivity index (χ4n) is 1.99. The highest BCUT2D eigenvalue weighted by atomic mass is 35.5. The molecule has 0 amide bonds. The van der Waals surface area contributed by atoms with E-state index < -0.39 is 0 Å². The summed E-state index contributed by atoms with van der Waals surface area (Å²) in [6, 6.07) is 8.42. The molecule has 2 rings (SSSR count). The minimum Gasteiger partial charge on any atom is -0.309 e. The van der Waals surface area contributed by atoms with E-state index in [0.29, 0.717) is 0 Å². The highest BCUT2D eigenvalue weighted by molar-refractivity contribution is 7.16. The van der Waals surface area contributed by atoms with Crippen LogP contribution in [-0.4, -0.2) is 12.0 Å². The number of aryl methyl sites for hydroxylation is 2. The lowest BCUT2D eigenvalue weighted by atomic mass is 10.0. The fourth-order valence-corrected chi connectivity index (χ4v) is 3.19. The number of rotatable bonds is 3. The van der Waals surface area contributed by atoms with E-state index in [4.69, 9.17) is 11.6 Å².